The van der Waals surface area contributed by atoms with Crippen LogP contribution in [0.25, 0.3) is 12.2 Å². The minimum atomic E-state index is -4.43. The van der Waals surface area contributed by atoms with Crippen LogP contribution in [-0.2, 0) is 14.6 Å². The van der Waals surface area contributed by atoms with Gasteiger partial charge in [-0.1, -0.05) is 71.8 Å². The Balaban J connectivity index is 0.000000605. The third-order valence-corrected chi connectivity index (χ3v) is 4.90. The summed E-state index contributed by atoms with van der Waals surface area (Å²) in [4.78, 5) is 0. The van der Waals surface area contributed by atoms with E-state index in [4.69, 9.17) is 44.0 Å². The summed E-state index contributed by atoms with van der Waals surface area (Å²) in [6.07, 6.45) is 3.95. The molecule has 0 fully saturated rings. The fourth-order valence-corrected chi connectivity index (χ4v) is 3.13. The zero-order chi connectivity index (χ0) is 23.6. The summed E-state index contributed by atoms with van der Waals surface area (Å²) in [7, 11) is -4.43. The third kappa shape index (κ3) is 12.8. The van der Waals surface area contributed by atoms with E-state index in [2.05, 4.69) is 4.18 Å². The van der Waals surface area contributed by atoms with Crippen LogP contribution in [0.1, 0.15) is 11.1 Å². The molecule has 0 spiro atoms. The predicted molar refractivity (Wildman–Crippen MR) is 144 cm³/mol. The van der Waals surface area contributed by atoms with Crippen LogP contribution in [0.2, 0.25) is 10.0 Å². The molecule has 3 rings (SSSR count). The molecule has 0 saturated heterocycles. The van der Waals surface area contributed by atoms with Crippen LogP contribution in [0, 0.1) is 0 Å². The van der Waals surface area contributed by atoms with E-state index in [0.717, 1.165) is 22.5 Å². The van der Waals surface area contributed by atoms with Gasteiger partial charge in [-0.05, 0) is 41.5 Å². The van der Waals surface area contributed by atoms with Crippen molar-refractivity contribution in [3.05, 3.63) is 87.9 Å². The molecule has 5 N–H and O–H groups in total. The van der Waals surface area contributed by atoms with Crippen LogP contribution in [0.5, 0.6) is 5.75 Å². The Labute approximate surface area is 253 Å². The standard InChI is InChI=1S/C14H14N2.C8H8Cl2O5S.2Na.2H/c15-13-7-3-1-5-11(13)9-10-12-6-2-4-8-14(12)16;9-6-1-2-8(7(10)5-6)14-3-4-15-16(11,12)13;;;;/h1-10H,15-16H2;1-2,5H,3-4H2,(H,11,12,13);;;;/b10-9+;;;;;. The predicted octanol–water partition coefficient (Wildman–Crippen LogP) is 3.92. The van der Waals surface area contributed by atoms with Crippen molar-refractivity contribution in [1.82, 2.24) is 0 Å². The monoisotopic (exact) mass is 544 g/mol. The number of halogens is 2. The van der Waals surface area contributed by atoms with Gasteiger partial charge in [-0.2, -0.15) is 8.42 Å². The number of anilines is 2. The first-order valence-electron chi connectivity index (χ1n) is 9.22. The topological polar surface area (TPSA) is 125 Å². The summed E-state index contributed by atoms with van der Waals surface area (Å²) in [5.41, 5.74) is 15.2. The van der Waals surface area contributed by atoms with E-state index in [1.54, 1.807) is 6.07 Å². The van der Waals surface area contributed by atoms with Gasteiger partial charge in [0.1, 0.15) is 19.0 Å². The molecule has 0 unspecified atom stereocenters. The number of nitrogens with two attached hydrogens (primary N) is 2. The van der Waals surface area contributed by atoms with Crippen LogP contribution >= 0.6 is 23.2 Å². The maximum atomic E-state index is 10.2. The number of ether oxygens (including phenoxy) is 1. The molecule has 7 nitrogen and oxygen atoms in total. The second kappa shape index (κ2) is 16.8. The molecule has 0 saturated carbocycles. The Hall–Kier alpha value is -0.750. The Kier molecular flexibility index (Phi) is 16.5. The SMILES string of the molecule is Nc1ccccc1/C=C/c1ccccc1N.O=S(=O)(O)OCCOc1ccc(Cl)cc1Cl.[NaH].[NaH]. The number of hydrogen-bond acceptors (Lipinski definition) is 6. The Morgan fingerprint density at radius 1 is 0.824 bits per heavy atom. The van der Waals surface area contributed by atoms with Gasteiger partial charge in [0, 0.05) is 16.4 Å². The van der Waals surface area contributed by atoms with Crippen molar-refractivity contribution in [2.75, 3.05) is 24.7 Å². The molecule has 3 aromatic carbocycles. The molecule has 0 aliphatic heterocycles. The van der Waals surface area contributed by atoms with Crippen molar-refractivity contribution in [2.24, 2.45) is 0 Å². The summed E-state index contributed by atoms with van der Waals surface area (Å²) >= 11 is 11.4. The number of hydrogen-bond donors (Lipinski definition) is 3. The molecule has 0 amide bonds. The Morgan fingerprint density at radius 3 is 1.76 bits per heavy atom. The first kappa shape index (κ1) is 33.2. The van der Waals surface area contributed by atoms with E-state index in [0.29, 0.717) is 15.8 Å². The van der Waals surface area contributed by atoms with Crippen molar-refractivity contribution in [2.45, 2.75) is 0 Å². The van der Waals surface area contributed by atoms with Crippen molar-refractivity contribution in [3.63, 3.8) is 0 Å². The van der Waals surface area contributed by atoms with E-state index in [1.807, 2.05) is 60.7 Å². The second-order valence-corrected chi connectivity index (χ2v) is 8.20. The summed E-state index contributed by atoms with van der Waals surface area (Å²) in [5.74, 6) is 0.352. The molecule has 174 valence electrons. The van der Waals surface area contributed by atoms with E-state index >= 15 is 0 Å². The first-order chi connectivity index (χ1) is 15.2. The van der Waals surface area contributed by atoms with E-state index in [9.17, 15) is 8.42 Å². The average Bonchev–Trinajstić information content (AvgIpc) is 2.73. The molecule has 12 heteroatoms. The molecular formula is C22H24Cl2N2Na2O5S. The Bertz CT molecular complexity index is 1130. The molecule has 0 aromatic heterocycles. The number of benzene rings is 3. The third-order valence-electron chi connectivity index (χ3n) is 3.90. The van der Waals surface area contributed by atoms with Gasteiger partial charge in [-0.25, -0.2) is 4.18 Å². The van der Waals surface area contributed by atoms with Gasteiger partial charge >= 0.3 is 69.5 Å². The van der Waals surface area contributed by atoms with Crippen molar-refractivity contribution in [3.8, 4) is 5.75 Å². The van der Waals surface area contributed by atoms with Crippen LogP contribution in [-0.4, -0.2) is 85.3 Å². The Morgan fingerprint density at radius 2 is 1.32 bits per heavy atom. The maximum absolute atomic E-state index is 10.2. The zero-order valence-electron chi connectivity index (χ0n) is 16.8. The number of nitrogen functional groups attached to an aromatic ring is 2. The van der Waals surface area contributed by atoms with Crippen LogP contribution < -0.4 is 16.2 Å². The van der Waals surface area contributed by atoms with Gasteiger partial charge < -0.3 is 16.2 Å². The summed E-state index contributed by atoms with van der Waals surface area (Å²) in [5, 5.41) is 0.769. The van der Waals surface area contributed by atoms with Gasteiger partial charge in [0.2, 0.25) is 0 Å². The molecular weight excluding hydrogens is 521 g/mol. The zero-order valence-corrected chi connectivity index (χ0v) is 19.1. The summed E-state index contributed by atoms with van der Waals surface area (Å²) in [6.45, 7) is -0.376. The van der Waals surface area contributed by atoms with Crippen LogP contribution in [0.3, 0.4) is 0 Å². The van der Waals surface area contributed by atoms with Crippen molar-refractivity contribution < 1.29 is 21.9 Å². The van der Waals surface area contributed by atoms with E-state index in [1.165, 1.54) is 12.1 Å². The fourth-order valence-electron chi connectivity index (χ4n) is 2.39. The second-order valence-electron chi connectivity index (χ2n) is 6.26. The van der Waals surface area contributed by atoms with Gasteiger partial charge in [0.05, 0.1) is 5.02 Å². The first-order valence-corrected chi connectivity index (χ1v) is 11.3. The van der Waals surface area contributed by atoms with E-state index in [-0.39, 0.29) is 72.3 Å². The van der Waals surface area contributed by atoms with Gasteiger partial charge in [-0.3, -0.25) is 4.55 Å². The molecule has 34 heavy (non-hydrogen) atoms. The fraction of sp³-hybridized carbons (Fsp3) is 0.0909. The molecule has 0 aliphatic rings. The van der Waals surface area contributed by atoms with Crippen LogP contribution in [0.4, 0.5) is 11.4 Å². The molecule has 3 aromatic rings. The van der Waals surface area contributed by atoms with Crippen molar-refractivity contribution >= 4 is 116 Å². The normalized spacial score (nSPS) is 10.4. The summed E-state index contributed by atoms with van der Waals surface area (Å²) < 4.78 is 37.8. The van der Waals surface area contributed by atoms with Gasteiger partial charge in [0.25, 0.3) is 0 Å². The average molecular weight is 545 g/mol. The molecule has 0 atom stereocenters. The molecule has 0 heterocycles. The molecule has 0 aliphatic carbocycles. The quantitative estimate of drug-likeness (QED) is 0.135. The van der Waals surface area contributed by atoms with Gasteiger partial charge in [0.15, 0.2) is 0 Å². The van der Waals surface area contributed by atoms with Gasteiger partial charge in [-0.15, -0.1) is 0 Å². The summed E-state index contributed by atoms with van der Waals surface area (Å²) in [6, 6.07) is 20.1. The van der Waals surface area contributed by atoms with E-state index < -0.39 is 10.4 Å². The van der Waals surface area contributed by atoms with Crippen LogP contribution in [0.15, 0.2) is 66.7 Å². The van der Waals surface area contributed by atoms with Crippen molar-refractivity contribution in [1.29, 1.82) is 0 Å². The minimum absolute atomic E-state index is 0. The number of rotatable bonds is 7. The molecule has 0 radical (unpaired) electrons. The number of para-hydroxylation sites is 2. The molecule has 0 bridgehead atoms.